The Kier molecular flexibility index (Phi) is 3.86. The first-order chi connectivity index (χ1) is 9.06. The number of hydrogen-bond donors (Lipinski definition) is 2. The Labute approximate surface area is 116 Å². The summed E-state index contributed by atoms with van der Waals surface area (Å²) in [7, 11) is 0. The Morgan fingerprint density at radius 1 is 1.21 bits per heavy atom. The van der Waals surface area contributed by atoms with Crippen molar-refractivity contribution < 1.29 is 14.7 Å². The molecule has 7 heteroatoms. The molecule has 0 aromatic carbocycles. The van der Waals surface area contributed by atoms with Crippen LogP contribution in [0, 0.1) is 0 Å². The van der Waals surface area contributed by atoms with Crippen molar-refractivity contribution in [1.29, 1.82) is 0 Å². The number of rotatable bonds is 3. The maximum Gasteiger partial charge on any atom is 0.335 e. The molecule has 0 radical (unpaired) electrons. The summed E-state index contributed by atoms with van der Waals surface area (Å²) in [5, 5.41) is 11.3. The van der Waals surface area contributed by atoms with Crippen molar-refractivity contribution in [2.75, 3.05) is 5.32 Å². The van der Waals surface area contributed by atoms with Gasteiger partial charge in [-0.3, -0.25) is 4.79 Å². The number of nitrogens with zero attached hydrogens (tertiary/aromatic N) is 2. The fourth-order valence-corrected chi connectivity index (χ4v) is 1.56. The standard InChI is InChI=1S/C12H8BrN3O3/c13-8-1-2-9(15-6-8)11(17)16-10-5-7(12(18)19)3-4-14-10/h1-6H,(H,18,19)(H,14,16,17). The monoisotopic (exact) mass is 321 g/mol. The largest absolute Gasteiger partial charge is 0.478 e. The van der Waals surface area contributed by atoms with E-state index in [0.717, 1.165) is 4.47 Å². The number of aromatic carboxylic acids is 1. The van der Waals surface area contributed by atoms with Crippen LogP contribution in [0.4, 0.5) is 5.82 Å². The summed E-state index contributed by atoms with van der Waals surface area (Å²) in [5.74, 6) is -1.38. The number of nitrogens with one attached hydrogen (secondary N) is 1. The van der Waals surface area contributed by atoms with Gasteiger partial charge in [-0.25, -0.2) is 14.8 Å². The Hall–Kier alpha value is -2.28. The summed E-state index contributed by atoms with van der Waals surface area (Å²) in [6.45, 7) is 0. The van der Waals surface area contributed by atoms with Crippen LogP contribution in [0.5, 0.6) is 0 Å². The highest BCUT2D eigenvalue weighted by molar-refractivity contribution is 9.10. The third-order valence-corrected chi connectivity index (χ3v) is 2.68. The van der Waals surface area contributed by atoms with Crippen LogP contribution in [0.1, 0.15) is 20.8 Å². The molecule has 2 rings (SSSR count). The maximum atomic E-state index is 11.8. The predicted molar refractivity (Wildman–Crippen MR) is 71.1 cm³/mol. The summed E-state index contributed by atoms with van der Waals surface area (Å²) in [6.07, 6.45) is 2.81. The number of pyridine rings is 2. The van der Waals surface area contributed by atoms with Crippen LogP contribution in [0.25, 0.3) is 0 Å². The molecule has 1 amide bonds. The van der Waals surface area contributed by atoms with E-state index < -0.39 is 11.9 Å². The average Bonchev–Trinajstić information content (AvgIpc) is 2.39. The highest BCUT2D eigenvalue weighted by Gasteiger charge is 2.10. The van der Waals surface area contributed by atoms with Crippen LogP contribution in [-0.2, 0) is 0 Å². The van der Waals surface area contributed by atoms with Crippen molar-refractivity contribution in [2.45, 2.75) is 0 Å². The first-order valence-corrected chi connectivity index (χ1v) is 5.98. The number of carboxylic acids is 1. The Morgan fingerprint density at radius 3 is 2.63 bits per heavy atom. The van der Waals surface area contributed by atoms with Crippen LogP contribution < -0.4 is 5.32 Å². The number of hydrogen-bond acceptors (Lipinski definition) is 4. The lowest BCUT2D eigenvalue weighted by Crippen LogP contribution is -2.14. The molecule has 0 aliphatic heterocycles. The molecule has 6 nitrogen and oxygen atoms in total. The Balaban J connectivity index is 2.17. The summed E-state index contributed by atoms with van der Waals surface area (Å²) < 4.78 is 0.759. The second kappa shape index (κ2) is 5.57. The minimum atomic E-state index is -1.08. The lowest BCUT2D eigenvalue weighted by atomic mass is 10.2. The number of carboxylic acid groups (broad SMARTS) is 1. The number of halogens is 1. The van der Waals surface area contributed by atoms with Gasteiger partial charge in [-0.1, -0.05) is 0 Å². The number of anilines is 1. The van der Waals surface area contributed by atoms with Gasteiger partial charge in [-0.05, 0) is 40.2 Å². The van der Waals surface area contributed by atoms with E-state index in [4.69, 9.17) is 5.11 Å². The molecule has 96 valence electrons. The fraction of sp³-hybridized carbons (Fsp3) is 0. The Morgan fingerprint density at radius 2 is 2.00 bits per heavy atom. The normalized spacial score (nSPS) is 9.95. The molecule has 0 aliphatic carbocycles. The predicted octanol–water partition coefficient (Wildman–Crippen LogP) is 2.19. The molecule has 0 unspecified atom stereocenters. The molecule has 0 saturated heterocycles. The van der Waals surface area contributed by atoms with Crippen LogP contribution in [0.3, 0.4) is 0 Å². The van der Waals surface area contributed by atoms with Crippen molar-refractivity contribution in [3.05, 3.63) is 52.4 Å². The number of aromatic nitrogens is 2. The first-order valence-electron chi connectivity index (χ1n) is 5.18. The molecule has 0 bridgehead atoms. The molecule has 0 atom stereocenters. The van der Waals surface area contributed by atoms with E-state index in [9.17, 15) is 9.59 Å². The van der Waals surface area contributed by atoms with E-state index in [2.05, 4.69) is 31.2 Å². The van der Waals surface area contributed by atoms with Crippen LogP contribution in [0.2, 0.25) is 0 Å². The first kappa shape index (κ1) is 13.2. The van der Waals surface area contributed by atoms with Crippen LogP contribution >= 0.6 is 15.9 Å². The molecule has 2 heterocycles. The number of amides is 1. The van der Waals surface area contributed by atoms with Gasteiger partial charge in [0.15, 0.2) is 0 Å². The van der Waals surface area contributed by atoms with Gasteiger partial charge in [-0.15, -0.1) is 0 Å². The zero-order valence-corrected chi connectivity index (χ0v) is 11.1. The van der Waals surface area contributed by atoms with Gasteiger partial charge in [0.1, 0.15) is 11.5 Å². The van der Waals surface area contributed by atoms with Crippen molar-refractivity contribution in [3.8, 4) is 0 Å². The zero-order chi connectivity index (χ0) is 13.8. The lowest BCUT2D eigenvalue weighted by Gasteiger charge is -2.04. The van der Waals surface area contributed by atoms with Crippen molar-refractivity contribution in [2.24, 2.45) is 0 Å². The van der Waals surface area contributed by atoms with Gasteiger partial charge < -0.3 is 10.4 Å². The minimum Gasteiger partial charge on any atom is -0.478 e. The van der Waals surface area contributed by atoms with Crippen molar-refractivity contribution in [3.63, 3.8) is 0 Å². The third-order valence-electron chi connectivity index (χ3n) is 2.21. The maximum absolute atomic E-state index is 11.8. The van der Waals surface area contributed by atoms with E-state index in [1.807, 2.05) is 0 Å². The van der Waals surface area contributed by atoms with Gasteiger partial charge in [0.25, 0.3) is 5.91 Å². The SMILES string of the molecule is O=C(O)c1ccnc(NC(=O)c2ccc(Br)cn2)c1. The fourth-order valence-electron chi connectivity index (χ4n) is 1.32. The lowest BCUT2D eigenvalue weighted by molar-refractivity contribution is 0.0696. The summed E-state index contributed by atoms with van der Waals surface area (Å²) in [5.41, 5.74) is 0.264. The summed E-state index contributed by atoms with van der Waals surface area (Å²) in [4.78, 5) is 30.4. The van der Waals surface area contributed by atoms with E-state index in [1.165, 1.54) is 24.5 Å². The third kappa shape index (κ3) is 3.35. The zero-order valence-electron chi connectivity index (χ0n) is 9.50. The van der Waals surface area contributed by atoms with Gasteiger partial charge in [0.2, 0.25) is 0 Å². The molecule has 2 N–H and O–H groups in total. The number of carbonyl (C=O) groups excluding carboxylic acids is 1. The van der Waals surface area contributed by atoms with Crippen molar-refractivity contribution >= 4 is 33.6 Å². The molecule has 2 aromatic heterocycles. The molecule has 0 aliphatic rings. The summed E-state index contributed by atoms with van der Waals surface area (Å²) >= 11 is 3.22. The number of carbonyl (C=O) groups is 2. The molecule has 2 aromatic rings. The molecule has 19 heavy (non-hydrogen) atoms. The van der Waals surface area contributed by atoms with Gasteiger partial charge >= 0.3 is 5.97 Å². The second-order valence-electron chi connectivity index (χ2n) is 3.55. The molecule has 0 spiro atoms. The van der Waals surface area contributed by atoms with Gasteiger partial charge in [0, 0.05) is 16.9 Å². The Bertz CT molecular complexity index is 628. The van der Waals surface area contributed by atoms with Crippen molar-refractivity contribution in [1.82, 2.24) is 9.97 Å². The van der Waals surface area contributed by atoms with E-state index in [0.29, 0.717) is 0 Å². The van der Waals surface area contributed by atoms with E-state index in [-0.39, 0.29) is 17.1 Å². The highest BCUT2D eigenvalue weighted by atomic mass is 79.9. The van der Waals surface area contributed by atoms with Gasteiger partial charge in [0.05, 0.1) is 5.56 Å². The van der Waals surface area contributed by atoms with Crippen LogP contribution in [-0.4, -0.2) is 27.0 Å². The molecule has 0 saturated carbocycles. The highest BCUT2D eigenvalue weighted by Crippen LogP contribution is 2.10. The average molecular weight is 322 g/mol. The van der Waals surface area contributed by atoms with Gasteiger partial charge in [-0.2, -0.15) is 0 Å². The molecule has 0 fully saturated rings. The molecular weight excluding hydrogens is 314 g/mol. The minimum absolute atomic E-state index is 0.0501. The quantitative estimate of drug-likeness (QED) is 0.904. The smallest absolute Gasteiger partial charge is 0.335 e. The van der Waals surface area contributed by atoms with E-state index >= 15 is 0 Å². The summed E-state index contributed by atoms with van der Waals surface area (Å²) in [6, 6.07) is 5.85. The second-order valence-corrected chi connectivity index (χ2v) is 4.47. The molecular formula is C12H8BrN3O3. The topological polar surface area (TPSA) is 92.2 Å². The van der Waals surface area contributed by atoms with E-state index in [1.54, 1.807) is 12.1 Å². The van der Waals surface area contributed by atoms with Crippen LogP contribution in [0.15, 0.2) is 41.1 Å².